The molecule has 3 rings (SSSR count). The molecule has 4 nitrogen and oxygen atoms in total. The normalized spacial score (nSPS) is 21.7. The molecule has 0 radical (unpaired) electrons. The van der Waals surface area contributed by atoms with Gasteiger partial charge in [-0.15, -0.1) is 0 Å². The van der Waals surface area contributed by atoms with Crippen molar-refractivity contribution in [2.45, 2.75) is 45.6 Å². The third-order valence-corrected chi connectivity index (χ3v) is 5.52. The molecule has 2 fully saturated rings. The standard InChI is InChI=1S/C19H25N3OS/c1-3-22(4-2)16-11-9-14(10-12-16)13-17-18(23)21-19(24-17)20-15-7-5-6-8-15/h9-13,15H,3-8H2,1-2H3,(H,20,21,23)/b17-13-. The summed E-state index contributed by atoms with van der Waals surface area (Å²) in [5.41, 5.74) is 2.26. The number of anilines is 1. The molecule has 1 saturated carbocycles. The average Bonchev–Trinajstić information content (AvgIpc) is 3.21. The number of aliphatic imine (C=N–C) groups is 1. The Bertz CT molecular complexity index is 641. The minimum atomic E-state index is -0.0374. The molecule has 1 amide bonds. The summed E-state index contributed by atoms with van der Waals surface area (Å²) in [4.78, 5) is 19.8. The molecule has 2 aliphatic rings. The van der Waals surface area contributed by atoms with E-state index in [-0.39, 0.29) is 5.91 Å². The molecule has 1 saturated heterocycles. The first-order valence-corrected chi connectivity index (χ1v) is 9.65. The van der Waals surface area contributed by atoms with Crippen LogP contribution in [0.5, 0.6) is 0 Å². The van der Waals surface area contributed by atoms with Crippen molar-refractivity contribution in [3.8, 4) is 0 Å². The minimum absolute atomic E-state index is 0.0374. The Labute approximate surface area is 148 Å². The lowest BCUT2D eigenvalue weighted by atomic mass is 10.1. The molecule has 1 N–H and O–H groups in total. The maximum Gasteiger partial charge on any atom is 0.264 e. The summed E-state index contributed by atoms with van der Waals surface area (Å²) in [6, 6.07) is 8.76. The second kappa shape index (κ2) is 7.88. The van der Waals surface area contributed by atoms with Crippen molar-refractivity contribution >= 4 is 34.6 Å². The summed E-state index contributed by atoms with van der Waals surface area (Å²) in [5.74, 6) is -0.0374. The highest BCUT2D eigenvalue weighted by atomic mass is 32.2. The van der Waals surface area contributed by atoms with E-state index in [2.05, 4.69) is 53.3 Å². The van der Waals surface area contributed by atoms with E-state index in [9.17, 15) is 4.79 Å². The van der Waals surface area contributed by atoms with Gasteiger partial charge in [0.25, 0.3) is 5.91 Å². The Morgan fingerprint density at radius 2 is 1.88 bits per heavy atom. The minimum Gasteiger partial charge on any atom is -0.372 e. The Balaban J connectivity index is 1.70. The molecule has 1 aromatic carbocycles. The summed E-state index contributed by atoms with van der Waals surface area (Å²) in [7, 11) is 0. The highest BCUT2D eigenvalue weighted by Crippen LogP contribution is 2.29. The number of nitrogens with one attached hydrogen (secondary N) is 1. The quantitative estimate of drug-likeness (QED) is 0.821. The lowest BCUT2D eigenvalue weighted by Crippen LogP contribution is -2.21. The van der Waals surface area contributed by atoms with Gasteiger partial charge in [0, 0.05) is 18.8 Å². The zero-order valence-corrected chi connectivity index (χ0v) is 15.2. The van der Waals surface area contributed by atoms with Gasteiger partial charge in [0.05, 0.1) is 10.9 Å². The van der Waals surface area contributed by atoms with E-state index >= 15 is 0 Å². The first-order valence-electron chi connectivity index (χ1n) is 8.83. The fraction of sp³-hybridized carbons (Fsp3) is 0.474. The van der Waals surface area contributed by atoms with Gasteiger partial charge in [-0.3, -0.25) is 9.79 Å². The van der Waals surface area contributed by atoms with Gasteiger partial charge in [0.15, 0.2) is 5.17 Å². The molecular formula is C19H25N3OS. The molecule has 1 aliphatic heterocycles. The van der Waals surface area contributed by atoms with Crippen LogP contribution in [0.3, 0.4) is 0 Å². The van der Waals surface area contributed by atoms with Crippen LogP contribution in [0.25, 0.3) is 6.08 Å². The number of hydrogen-bond donors (Lipinski definition) is 1. The van der Waals surface area contributed by atoms with E-state index in [0.29, 0.717) is 6.04 Å². The molecule has 1 aromatic rings. The smallest absolute Gasteiger partial charge is 0.264 e. The summed E-state index contributed by atoms with van der Waals surface area (Å²) >= 11 is 1.46. The number of thioether (sulfide) groups is 1. The molecule has 0 spiro atoms. The van der Waals surface area contributed by atoms with Crippen molar-refractivity contribution in [2.75, 3.05) is 18.0 Å². The maximum absolute atomic E-state index is 12.1. The number of benzene rings is 1. The van der Waals surface area contributed by atoms with Crippen LogP contribution in [0.2, 0.25) is 0 Å². The second-order valence-corrected chi connectivity index (χ2v) is 7.23. The number of amidine groups is 1. The van der Waals surface area contributed by atoms with E-state index < -0.39 is 0 Å². The predicted octanol–water partition coefficient (Wildman–Crippen LogP) is 4.04. The van der Waals surface area contributed by atoms with Crippen LogP contribution < -0.4 is 10.2 Å². The van der Waals surface area contributed by atoms with Crippen molar-refractivity contribution in [3.63, 3.8) is 0 Å². The van der Waals surface area contributed by atoms with Gasteiger partial charge >= 0.3 is 0 Å². The number of hydrogen-bond acceptors (Lipinski definition) is 4. The fourth-order valence-electron chi connectivity index (χ4n) is 3.21. The zero-order chi connectivity index (χ0) is 16.9. The van der Waals surface area contributed by atoms with E-state index in [0.717, 1.165) is 41.6 Å². The molecule has 1 aliphatic carbocycles. The molecule has 24 heavy (non-hydrogen) atoms. The molecule has 0 aromatic heterocycles. The number of rotatable bonds is 5. The zero-order valence-electron chi connectivity index (χ0n) is 14.4. The van der Waals surface area contributed by atoms with Gasteiger partial charge in [-0.05, 0) is 62.2 Å². The van der Waals surface area contributed by atoms with E-state index in [1.165, 1.54) is 30.3 Å². The van der Waals surface area contributed by atoms with E-state index in [1.54, 1.807) is 0 Å². The molecule has 1 heterocycles. The van der Waals surface area contributed by atoms with E-state index in [1.807, 2.05) is 6.08 Å². The second-order valence-electron chi connectivity index (χ2n) is 6.20. The number of carbonyl (C=O) groups excluding carboxylic acids is 1. The van der Waals surface area contributed by atoms with Gasteiger partial charge in [-0.2, -0.15) is 0 Å². The number of nitrogens with zero attached hydrogens (tertiary/aromatic N) is 2. The van der Waals surface area contributed by atoms with Crippen LogP contribution >= 0.6 is 11.8 Å². The lowest BCUT2D eigenvalue weighted by Gasteiger charge is -2.20. The van der Waals surface area contributed by atoms with E-state index in [4.69, 9.17) is 0 Å². The Hall–Kier alpha value is -1.75. The third-order valence-electron chi connectivity index (χ3n) is 4.59. The van der Waals surface area contributed by atoms with Crippen LogP contribution in [-0.2, 0) is 4.79 Å². The Morgan fingerprint density at radius 3 is 2.50 bits per heavy atom. The van der Waals surface area contributed by atoms with Gasteiger partial charge in [-0.1, -0.05) is 25.0 Å². The first-order chi connectivity index (χ1) is 11.7. The average molecular weight is 343 g/mol. The topological polar surface area (TPSA) is 44.7 Å². The monoisotopic (exact) mass is 343 g/mol. The Morgan fingerprint density at radius 1 is 1.21 bits per heavy atom. The van der Waals surface area contributed by atoms with Gasteiger partial charge in [0.1, 0.15) is 0 Å². The molecule has 0 unspecified atom stereocenters. The molecule has 128 valence electrons. The summed E-state index contributed by atoms with van der Waals surface area (Å²) < 4.78 is 0. The fourth-order valence-corrected chi connectivity index (χ4v) is 4.10. The van der Waals surface area contributed by atoms with Crippen molar-refractivity contribution in [2.24, 2.45) is 4.99 Å². The first kappa shape index (κ1) is 17.1. The largest absolute Gasteiger partial charge is 0.372 e. The van der Waals surface area contributed by atoms with Gasteiger partial charge in [-0.25, -0.2) is 0 Å². The van der Waals surface area contributed by atoms with Crippen molar-refractivity contribution in [1.82, 2.24) is 5.32 Å². The van der Waals surface area contributed by atoms with Crippen LogP contribution in [0.4, 0.5) is 5.69 Å². The van der Waals surface area contributed by atoms with Crippen LogP contribution in [0.1, 0.15) is 45.1 Å². The maximum atomic E-state index is 12.1. The third kappa shape index (κ3) is 4.01. The van der Waals surface area contributed by atoms with Crippen LogP contribution in [-0.4, -0.2) is 30.2 Å². The summed E-state index contributed by atoms with van der Waals surface area (Å²) in [6.07, 6.45) is 6.74. The summed E-state index contributed by atoms with van der Waals surface area (Å²) in [6.45, 7) is 6.31. The van der Waals surface area contributed by atoms with Crippen molar-refractivity contribution in [3.05, 3.63) is 34.7 Å². The van der Waals surface area contributed by atoms with Crippen molar-refractivity contribution in [1.29, 1.82) is 0 Å². The molecule has 0 atom stereocenters. The van der Waals surface area contributed by atoms with Crippen LogP contribution in [0, 0.1) is 0 Å². The highest BCUT2D eigenvalue weighted by molar-refractivity contribution is 8.18. The van der Waals surface area contributed by atoms with Gasteiger partial charge < -0.3 is 10.2 Å². The molecule has 0 bridgehead atoms. The Kier molecular flexibility index (Phi) is 5.61. The molecular weight excluding hydrogens is 318 g/mol. The lowest BCUT2D eigenvalue weighted by molar-refractivity contribution is -0.115. The SMILES string of the molecule is CCN(CC)c1ccc(/C=C2\SC(=NC3CCCC3)NC2=O)cc1. The van der Waals surface area contributed by atoms with Crippen molar-refractivity contribution < 1.29 is 4.79 Å². The summed E-state index contributed by atoms with van der Waals surface area (Å²) in [5, 5.41) is 3.66. The highest BCUT2D eigenvalue weighted by Gasteiger charge is 2.25. The number of amides is 1. The van der Waals surface area contributed by atoms with Gasteiger partial charge in [0.2, 0.25) is 0 Å². The molecule has 5 heteroatoms. The van der Waals surface area contributed by atoms with Crippen LogP contribution in [0.15, 0.2) is 34.2 Å². The number of carbonyl (C=O) groups is 1. The predicted molar refractivity (Wildman–Crippen MR) is 103 cm³/mol.